The highest BCUT2D eigenvalue weighted by Gasteiger charge is 2.58. The lowest BCUT2D eigenvalue weighted by Gasteiger charge is -2.37. The molecule has 9 nitrogen and oxygen atoms in total. The van der Waals surface area contributed by atoms with E-state index in [0.717, 1.165) is 4.31 Å². The molecule has 0 radical (unpaired) electrons. The van der Waals surface area contributed by atoms with Crippen LogP contribution in [0.1, 0.15) is 5.56 Å². The zero-order valence-electron chi connectivity index (χ0n) is 16.5. The fourth-order valence-corrected chi connectivity index (χ4v) is 8.11. The van der Waals surface area contributed by atoms with Gasteiger partial charge in [0.1, 0.15) is 15.7 Å². The van der Waals surface area contributed by atoms with E-state index in [-0.39, 0.29) is 51.8 Å². The summed E-state index contributed by atoms with van der Waals surface area (Å²) in [5, 5.41) is 10.9. The third kappa shape index (κ3) is 4.01. The van der Waals surface area contributed by atoms with Crippen molar-refractivity contribution in [3.8, 4) is 6.07 Å². The van der Waals surface area contributed by atoms with Crippen molar-refractivity contribution in [3.05, 3.63) is 52.1 Å². The van der Waals surface area contributed by atoms with Gasteiger partial charge in [-0.1, -0.05) is 23.2 Å². The normalized spacial score (nSPS) is 24.5. The minimum Gasteiger partial charge on any atom is -0.370 e. The predicted octanol–water partition coefficient (Wildman–Crippen LogP) is 1.47. The number of aromatic nitrogens is 1. The van der Waals surface area contributed by atoms with Crippen molar-refractivity contribution in [1.29, 1.82) is 5.26 Å². The van der Waals surface area contributed by atoms with Crippen LogP contribution < -0.4 is 5.32 Å². The van der Waals surface area contributed by atoms with E-state index in [2.05, 4.69) is 10.3 Å². The van der Waals surface area contributed by atoms with Gasteiger partial charge in [-0.15, -0.1) is 0 Å². The minimum atomic E-state index is -4.17. The van der Waals surface area contributed by atoms with E-state index < -0.39 is 30.7 Å². The van der Waals surface area contributed by atoms with Crippen molar-refractivity contribution in [2.24, 2.45) is 0 Å². The van der Waals surface area contributed by atoms with Gasteiger partial charge in [-0.3, -0.25) is 0 Å². The largest absolute Gasteiger partial charge is 0.370 e. The molecular formula is C19H18Cl2N4O5S2. The molecule has 1 spiro atoms. The second kappa shape index (κ2) is 8.53. The van der Waals surface area contributed by atoms with Crippen LogP contribution in [-0.4, -0.2) is 69.8 Å². The van der Waals surface area contributed by atoms with Crippen LogP contribution in [0.3, 0.4) is 0 Å². The molecule has 32 heavy (non-hydrogen) atoms. The molecule has 2 aliphatic heterocycles. The second-order valence-corrected chi connectivity index (χ2v) is 12.3. The molecule has 0 amide bonds. The van der Waals surface area contributed by atoms with Gasteiger partial charge in [0.05, 0.1) is 28.3 Å². The third-order valence-corrected chi connectivity index (χ3v) is 10.2. The molecule has 4 rings (SSSR count). The van der Waals surface area contributed by atoms with Gasteiger partial charge in [0.15, 0.2) is 5.03 Å². The van der Waals surface area contributed by atoms with Crippen LogP contribution in [0.25, 0.3) is 0 Å². The number of benzene rings is 1. The summed E-state index contributed by atoms with van der Waals surface area (Å²) in [5.74, 6) is 0. The van der Waals surface area contributed by atoms with Crippen LogP contribution >= 0.6 is 23.2 Å². The minimum absolute atomic E-state index is 0.119. The Bertz CT molecular complexity index is 1290. The number of nitrogens with zero attached hydrogens (tertiary/aromatic N) is 3. The van der Waals surface area contributed by atoms with E-state index in [9.17, 15) is 16.8 Å². The van der Waals surface area contributed by atoms with E-state index in [1.165, 1.54) is 36.5 Å². The van der Waals surface area contributed by atoms with E-state index in [0.29, 0.717) is 6.54 Å². The maximum Gasteiger partial charge on any atom is 0.244 e. The van der Waals surface area contributed by atoms with Crippen molar-refractivity contribution < 1.29 is 21.6 Å². The summed E-state index contributed by atoms with van der Waals surface area (Å²) in [7, 11) is -8.25. The second-order valence-electron chi connectivity index (χ2n) is 7.49. The van der Waals surface area contributed by atoms with Gasteiger partial charge in [-0.05, 0) is 30.3 Å². The monoisotopic (exact) mass is 516 g/mol. The topological polar surface area (TPSA) is 129 Å². The zero-order valence-corrected chi connectivity index (χ0v) is 19.7. The maximum absolute atomic E-state index is 13.5. The number of halogens is 2. The summed E-state index contributed by atoms with van der Waals surface area (Å²) in [4.78, 5) is 3.73. The Hall–Kier alpha value is -1.78. The van der Waals surface area contributed by atoms with Gasteiger partial charge in [-0.25, -0.2) is 21.8 Å². The molecular weight excluding hydrogens is 499 g/mol. The van der Waals surface area contributed by atoms with Crippen LogP contribution in [0, 0.1) is 11.3 Å². The number of sulfone groups is 1. The average Bonchev–Trinajstić information content (AvgIpc) is 3.14. The van der Waals surface area contributed by atoms with Crippen LogP contribution in [0.4, 0.5) is 0 Å². The first kappa shape index (κ1) is 23.4. The number of ether oxygens (including phenoxy) is 1. The van der Waals surface area contributed by atoms with Crippen LogP contribution in [0.2, 0.25) is 10.0 Å². The molecule has 170 valence electrons. The molecule has 2 fully saturated rings. The molecule has 1 N–H and O–H groups in total. The first-order valence-electron chi connectivity index (χ1n) is 9.50. The van der Waals surface area contributed by atoms with Crippen molar-refractivity contribution in [2.45, 2.75) is 20.8 Å². The summed E-state index contributed by atoms with van der Waals surface area (Å²) in [5.41, 5.74) is -1.09. The number of morpholine rings is 1. The van der Waals surface area contributed by atoms with Crippen LogP contribution in [0.5, 0.6) is 0 Å². The molecule has 1 aromatic heterocycles. The number of sulfonamides is 1. The lowest BCUT2D eigenvalue weighted by atomic mass is 10.0. The third-order valence-electron chi connectivity index (χ3n) is 5.54. The maximum atomic E-state index is 13.5. The Morgan fingerprint density at radius 2 is 2.00 bits per heavy atom. The van der Waals surface area contributed by atoms with E-state index >= 15 is 0 Å². The smallest absolute Gasteiger partial charge is 0.244 e. The Labute approximate surface area is 195 Å². The van der Waals surface area contributed by atoms with Crippen molar-refractivity contribution >= 4 is 43.1 Å². The lowest BCUT2D eigenvalue weighted by molar-refractivity contribution is -0.0518. The van der Waals surface area contributed by atoms with Gasteiger partial charge in [0.25, 0.3) is 0 Å². The van der Waals surface area contributed by atoms with Gasteiger partial charge in [0, 0.05) is 32.4 Å². The predicted molar refractivity (Wildman–Crippen MR) is 117 cm³/mol. The first-order valence-corrected chi connectivity index (χ1v) is 13.2. The molecule has 0 aliphatic carbocycles. The number of hydrogen-bond acceptors (Lipinski definition) is 8. The van der Waals surface area contributed by atoms with Gasteiger partial charge in [0.2, 0.25) is 19.9 Å². The summed E-state index contributed by atoms with van der Waals surface area (Å²) < 4.78 is 60.7. The Morgan fingerprint density at radius 1 is 1.22 bits per heavy atom. The summed E-state index contributed by atoms with van der Waals surface area (Å²) in [6.45, 7) is 0.369. The van der Waals surface area contributed by atoms with Gasteiger partial charge < -0.3 is 10.1 Å². The van der Waals surface area contributed by atoms with Gasteiger partial charge >= 0.3 is 0 Å². The summed E-state index contributed by atoms with van der Waals surface area (Å²) >= 11 is 12.0. The van der Waals surface area contributed by atoms with E-state index in [4.69, 9.17) is 33.2 Å². The number of nitriles is 1. The van der Waals surface area contributed by atoms with Crippen LogP contribution in [-0.2, 0) is 24.6 Å². The average molecular weight is 517 g/mol. The Morgan fingerprint density at radius 3 is 2.59 bits per heavy atom. The Balaban J connectivity index is 1.76. The van der Waals surface area contributed by atoms with Gasteiger partial charge in [-0.2, -0.15) is 9.57 Å². The molecule has 2 aliphatic rings. The van der Waals surface area contributed by atoms with E-state index in [1.54, 1.807) is 0 Å². The molecule has 13 heteroatoms. The molecule has 3 heterocycles. The molecule has 0 bridgehead atoms. The highest BCUT2D eigenvalue weighted by molar-refractivity contribution is 7.92. The first-order chi connectivity index (χ1) is 15.1. The fraction of sp³-hybridized carbons (Fsp3) is 0.368. The molecule has 2 aromatic rings. The standard InChI is InChI=1S/C19H18Cl2N4O5S2/c20-14-2-4-18(24-9-14)31(26,27)17-10-25(12-19(17)11-23-5-6-30-19)32(28,29)16-3-1-13(8-22)7-15(16)21/h1-4,7,9,17,23H,5-6,10-12H2/t17-,19+/m0/s1. The van der Waals surface area contributed by atoms with Crippen LogP contribution in [0.15, 0.2) is 46.5 Å². The zero-order chi connectivity index (χ0) is 23.1. The molecule has 2 saturated heterocycles. The molecule has 0 saturated carbocycles. The SMILES string of the molecule is N#Cc1ccc(S(=O)(=O)N2C[C@H](S(=O)(=O)c3ccc(Cl)cn3)[C@@]3(CNCCO3)C2)c(Cl)c1. The Kier molecular flexibility index (Phi) is 6.23. The molecule has 1 aromatic carbocycles. The lowest BCUT2D eigenvalue weighted by Crippen LogP contribution is -2.59. The van der Waals surface area contributed by atoms with Crippen molar-refractivity contribution in [2.75, 3.05) is 32.8 Å². The molecule has 0 unspecified atom stereocenters. The fourth-order valence-electron chi connectivity index (χ4n) is 3.96. The van der Waals surface area contributed by atoms with Crippen molar-refractivity contribution in [1.82, 2.24) is 14.6 Å². The highest BCUT2D eigenvalue weighted by Crippen LogP contribution is 2.38. The molecule has 2 atom stereocenters. The number of pyridine rings is 1. The number of hydrogen-bond donors (Lipinski definition) is 1. The van der Waals surface area contributed by atoms with Crippen molar-refractivity contribution in [3.63, 3.8) is 0 Å². The summed E-state index contributed by atoms with van der Waals surface area (Å²) in [6, 6.07) is 8.43. The quantitative estimate of drug-likeness (QED) is 0.646. The number of rotatable bonds is 4. The highest BCUT2D eigenvalue weighted by atomic mass is 35.5. The van der Waals surface area contributed by atoms with E-state index in [1.807, 2.05) is 6.07 Å². The summed E-state index contributed by atoms with van der Waals surface area (Å²) in [6.07, 6.45) is 1.22. The number of nitrogens with one attached hydrogen (secondary N) is 1.